The second-order valence-corrected chi connectivity index (χ2v) is 8.51. The molecule has 1 aliphatic heterocycles. The number of carbonyl (C=O) groups excluding carboxylic acids is 1. The van der Waals surface area contributed by atoms with Crippen molar-refractivity contribution in [3.8, 4) is 0 Å². The van der Waals surface area contributed by atoms with Gasteiger partial charge in [0.25, 0.3) is 0 Å². The quantitative estimate of drug-likeness (QED) is 0.570. The summed E-state index contributed by atoms with van der Waals surface area (Å²) in [5, 5.41) is 2.26. The summed E-state index contributed by atoms with van der Waals surface area (Å²) in [4.78, 5) is 23.8. The third kappa shape index (κ3) is 4.16. The summed E-state index contributed by atoms with van der Waals surface area (Å²) in [5.41, 5.74) is 1.18. The fourth-order valence-electron chi connectivity index (χ4n) is 2.88. The number of esters is 1. The van der Waals surface area contributed by atoms with Gasteiger partial charge in [-0.25, -0.2) is 13.2 Å². The first-order chi connectivity index (χ1) is 12.3. The zero-order valence-electron chi connectivity index (χ0n) is 14.0. The molecule has 0 saturated heterocycles. The number of hydrogen-bond donors (Lipinski definition) is 0. The van der Waals surface area contributed by atoms with E-state index in [-0.39, 0.29) is 24.7 Å². The first-order valence-electron chi connectivity index (χ1n) is 8.09. The average Bonchev–Trinajstić information content (AvgIpc) is 2.91. The minimum Gasteiger partial charge on any atom is -0.461 e. The summed E-state index contributed by atoms with van der Waals surface area (Å²) in [6.07, 6.45) is 2.15. The first-order valence-corrected chi connectivity index (χ1v) is 10.2. The van der Waals surface area contributed by atoms with Crippen LogP contribution in [0.3, 0.4) is 0 Å². The Morgan fingerprint density at radius 1 is 1.31 bits per heavy atom. The summed E-state index contributed by atoms with van der Waals surface area (Å²) < 4.78 is 33.2. The molecule has 0 fully saturated rings. The van der Waals surface area contributed by atoms with Gasteiger partial charge < -0.3 is 9.15 Å². The van der Waals surface area contributed by atoms with Crippen LogP contribution in [-0.2, 0) is 32.4 Å². The van der Waals surface area contributed by atoms with Crippen LogP contribution in [0.4, 0.5) is 0 Å². The Morgan fingerprint density at radius 3 is 2.73 bits per heavy atom. The maximum Gasteiger partial charge on any atom is 0.336 e. The second-order valence-electron chi connectivity index (χ2n) is 6.17. The molecule has 0 N–H and O–H groups in total. The van der Waals surface area contributed by atoms with Crippen LogP contribution in [0.5, 0.6) is 0 Å². The van der Waals surface area contributed by atoms with E-state index in [9.17, 15) is 18.0 Å². The molecule has 26 heavy (non-hydrogen) atoms. The molecule has 1 unspecified atom stereocenters. The molecule has 138 valence electrons. The van der Waals surface area contributed by atoms with E-state index in [2.05, 4.69) is 0 Å². The minimum atomic E-state index is -3.21. The highest BCUT2D eigenvalue weighted by molar-refractivity contribution is 7.94. The molecular formula is C18H17ClO6S. The Morgan fingerprint density at radius 2 is 2.08 bits per heavy atom. The lowest BCUT2D eigenvalue weighted by Crippen LogP contribution is -2.14. The van der Waals surface area contributed by atoms with E-state index >= 15 is 0 Å². The Kier molecular flexibility index (Phi) is 5.20. The smallest absolute Gasteiger partial charge is 0.336 e. The predicted octanol–water partition coefficient (Wildman–Crippen LogP) is 3.00. The number of aryl methyl sites for hydroxylation is 1. The van der Waals surface area contributed by atoms with Gasteiger partial charge in [0, 0.05) is 33.4 Å². The first kappa shape index (κ1) is 18.7. The molecule has 0 saturated carbocycles. The predicted molar refractivity (Wildman–Crippen MR) is 97.7 cm³/mol. The Hall–Kier alpha value is -2.12. The topological polar surface area (TPSA) is 90.7 Å². The lowest BCUT2D eigenvalue weighted by Gasteiger charge is -2.10. The summed E-state index contributed by atoms with van der Waals surface area (Å²) in [5.74, 6) is -1.00. The molecule has 1 aromatic carbocycles. The van der Waals surface area contributed by atoms with Gasteiger partial charge in [0.15, 0.2) is 9.84 Å². The van der Waals surface area contributed by atoms with Gasteiger partial charge in [-0.2, -0.15) is 0 Å². The van der Waals surface area contributed by atoms with Crippen molar-refractivity contribution in [1.29, 1.82) is 0 Å². The van der Waals surface area contributed by atoms with Crippen LogP contribution in [0.2, 0.25) is 5.02 Å². The number of allylic oxidation sites excluding steroid dienone is 1. The summed E-state index contributed by atoms with van der Waals surface area (Å²) in [6.45, 7) is 1.82. The maximum atomic E-state index is 12.0. The van der Waals surface area contributed by atoms with E-state index in [1.54, 1.807) is 12.1 Å². The molecule has 0 spiro atoms. The molecular weight excluding hydrogens is 380 g/mol. The highest BCUT2D eigenvalue weighted by atomic mass is 35.5. The number of hydrogen-bond acceptors (Lipinski definition) is 6. The number of benzene rings is 1. The number of sulfone groups is 1. The lowest BCUT2D eigenvalue weighted by molar-refractivity contribution is -0.145. The van der Waals surface area contributed by atoms with Crippen molar-refractivity contribution in [3.05, 3.63) is 56.3 Å². The summed E-state index contributed by atoms with van der Waals surface area (Å²) >= 11 is 6.23. The number of rotatable bonds is 5. The molecule has 0 aliphatic carbocycles. The number of fused-ring (bicyclic) bond motifs is 1. The van der Waals surface area contributed by atoms with Gasteiger partial charge in [0.1, 0.15) is 12.2 Å². The van der Waals surface area contributed by atoms with Crippen LogP contribution in [0.15, 0.2) is 38.9 Å². The maximum absolute atomic E-state index is 12.0. The van der Waals surface area contributed by atoms with Crippen LogP contribution in [0.25, 0.3) is 11.0 Å². The molecule has 8 heteroatoms. The third-order valence-electron chi connectivity index (χ3n) is 4.20. The van der Waals surface area contributed by atoms with Crippen molar-refractivity contribution in [2.75, 3.05) is 5.75 Å². The zero-order chi connectivity index (χ0) is 18.9. The monoisotopic (exact) mass is 396 g/mol. The molecule has 6 nitrogen and oxygen atoms in total. The molecule has 0 amide bonds. The normalized spacial score (nSPS) is 18.3. The summed E-state index contributed by atoms with van der Waals surface area (Å²) in [7, 11) is -3.21. The fourth-order valence-corrected chi connectivity index (χ4v) is 4.57. The molecule has 2 heterocycles. The largest absolute Gasteiger partial charge is 0.461 e. The van der Waals surface area contributed by atoms with Gasteiger partial charge in [-0.1, -0.05) is 24.6 Å². The summed E-state index contributed by atoms with van der Waals surface area (Å²) in [6, 6.07) is 4.66. The van der Waals surface area contributed by atoms with Gasteiger partial charge >= 0.3 is 11.6 Å². The van der Waals surface area contributed by atoms with Crippen molar-refractivity contribution >= 4 is 38.4 Å². The van der Waals surface area contributed by atoms with E-state index in [4.69, 9.17) is 20.8 Å². The van der Waals surface area contributed by atoms with Crippen LogP contribution in [0, 0.1) is 5.92 Å². The minimum absolute atomic E-state index is 0.0319. The number of carbonyl (C=O) groups is 1. The Labute approximate surface area is 155 Å². The van der Waals surface area contributed by atoms with Crippen molar-refractivity contribution in [2.45, 2.75) is 26.4 Å². The number of ether oxygens (including phenoxy) is 1. The van der Waals surface area contributed by atoms with Crippen LogP contribution < -0.4 is 5.63 Å². The van der Waals surface area contributed by atoms with Gasteiger partial charge in [-0.3, -0.25) is 4.79 Å². The van der Waals surface area contributed by atoms with Crippen LogP contribution in [0.1, 0.15) is 24.5 Å². The van der Waals surface area contributed by atoms with Crippen LogP contribution in [-0.4, -0.2) is 20.1 Å². The van der Waals surface area contributed by atoms with E-state index in [1.165, 1.54) is 12.1 Å². The van der Waals surface area contributed by atoms with Gasteiger partial charge in [0.2, 0.25) is 0 Å². The van der Waals surface area contributed by atoms with Crippen molar-refractivity contribution in [2.24, 2.45) is 5.92 Å². The van der Waals surface area contributed by atoms with E-state index < -0.39 is 21.4 Å². The van der Waals surface area contributed by atoms with Crippen LogP contribution >= 0.6 is 11.6 Å². The molecule has 0 bridgehead atoms. The van der Waals surface area contributed by atoms with Crippen molar-refractivity contribution < 1.29 is 22.4 Å². The molecule has 0 radical (unpaired) electrons. The van der Waals surface area contributed by atoms with Gasteiger partial charge in [0.05, 0.1) is 12.2 Å². The Balaban J connectivity index is 1.76. The molecule has 2 aromatic rings. The molecule has 3 rings (SSSR count). The average molecular weight is 397 g/mol. The lowest BCUT2D eigenvalue weighted by atomic mass is 10.1. The van der Waals surface area contributed by atoms with E-state index in [0.29, 0.717) is 28.0 Å². The van der Waals surface area contributed by atoms with E-state index in [1.807, 2.05) is 6.92 Å². The standard InChI is InChI=1S/C18H17ClO6S/c1-2-12-6-16-14(8-15(12)19)13(7-18(21)25-16)9-24-17(20)5-11-3-4-26(22,23)10-11/h3-4,6-8,11H,2,5,9-10H2,1H3. The fraction of sp³-hybridized carbons (Fsp3) is 0.333. The third-order valence-corrected chi connectivity index (χ3v) is 6.02. The van der Waals surface area contributed by atoms with Crippen molar-refractivity contribution in [3.63, 3.8) is 0 Å². The number of halogens is 1. The highest BCUT2D eigenvalue weighted by Crippen LogP contribution is 2.27. The van der Waals surface area contributed by atoms with Gasteiger partial charge in [-0.05, 0) is 24.1 Å². The SMILES string of the molecule is CCc1cc2oc(=O)cc(COC(=O)CC3C=CS(=O)(=O)C3)c2cc1Cl. The van der Waals surface area contributed by atoms with E-state index in [0.717, 1.165) is 11.0 Å². The molecule has 1 aliphatic rings. The highest BCUT2D eigenvalue weighted by Gasteiger charge is 2.24. The Bertz CT molecular complexity index is 1050. The van der Waals surface area contributed by atoms with Gasteiger partial charge in [-0.15, -0.1) is 0 Å². The zero-order valence-corrected chi connectivity index (χ0v) is 15.6. The molecule has 1 aromatic heterocycles. The van der Waals surface area contributed by atoms with Crippen molar-refractivity contribution in [1.82, 2.24) is 0 Å². The second kappa shape index (κ2) is 7.25. The molecule has 1 atom stereocenters.